The van der Waals surface area contributed by atoms with Crippen LogP contribution in [0.2, 0.25) is 0 Å². The van der Waals surface area contributed by atoms with Gasteiger partial charge in [-0.05, 0) is 12.5 Å². The summed E-state index contributed by atoms with van der Waals surface area (Å²) in [6, 6.07) is 9.28. The number of benzene rings is 1. The van der Waals surface area contributed by atoms with E-state index in [0.29, 0.717) is 6.54 Å². The molecule has 0 unspecified atom stereocenters. The maximum absolute atomic E-state index is 11.7. The molecule has 3 N–H and O–H groups in total. The first-order valence-electron chi connectivity index (χ1n) is 5.89. The van der Waals surface area contributed by atoms with Gasteiger partial charge >= 0.3 is 0 Å². The highest BCUT2D eigenvalue weighted by Gasteiger charge is 2.12. The van der Waals surface area contributed by atoms with E-state index >= 15 is 0 Å². The van der Waals surface area contributed by atoms with Gasteiger partial charge in [-0.3, -0.25) is 14.9 Å². The number of carbonyl (C=O) groups is 2. The van der Waals surface area contributed by atoms with Crippen molar-refractivity contribution in [1.29, 1.82) is 0 Å². The van der Waals surface area contributed by atoms with E-state index in [1.54, 1.807) is 14.0 Å². The van der Waals surface area contributed by atoms with Crippen molar-refractivity contribution in [2.24, 2.45) is 0 Å². The van der Waals surface area contributed by atoms with Crippen LogP contribution in [-0.4, -0.2) is 31.4 Å². The van der Waals surface area contributed by atoms with Crippen LogP contribution in [0.3, 0.4) is 0 Å². The number of carbonyl (C=O) groups excluding carboxylic acids is 2. The van der Waals surface area contributed by atoms with E-state index in [1.165, 1.54) is 0 Å². The largest absolute Gasteiger partial charge is 0.358 e. The van der Waals surface area contributed by atoms with Gasteiger partial charge in [0.2, 0.25) is 11.8 Å². The first kappa shape index (κ1) is 14.2. The second-order valence-electron chi connectivity index (χ2n) is 3.98. The van der Waals surface area contributed by atoms with Crippen LogP contribution in [-0.2, 0) is 16.1 Å². The van der Waals surface area contributed by atoms with E-state index in [9.17, 15) is 9.59 Å². The van der Waals surface area contributed by atoms with Crippen LogP contribution in [0.1, 0.15) is 12.5 Å². The lowest BCUT2D eigenvalue weighted by Crippen LogP contribution is -2.45. The molecule has 1 atom stereocenters. The fourth-order valence-electron chi connectivity index (χ4n) is 1.37. The molecule has 5 heteroatoms. The van der Waals surface area contributed by atoms with E-state index in [4.69, 9.17) is 0 Å². The Morgan fingerprint density at radius 1 is 1.22 bits per heavy atom. The first-order chi connectivity index (χ1) is 8.63. The summed E-state index contributed by atoms with van der Waals surface area (Å²) in [4.78, 5) is 22.7. The predicted octanol–water partition coefficient (Wildman–Crippen LogP) is 0.0269. The first-order valence-corrected chi connectivity index (χ1v) is 5.89. The molecule has 98 valence electrons. The highest BCUT2D eigenvalue weighted by atomic mass is 16.2. The van der Waals surface area contributed by atoms with Crippen molar-refractivity contribution in [1.82, 2.24) is 16.0 Å². The van der Waals surface area contributed by atoms with E-state index in [0.717, 1.165) is 5.56 Å². The number of likely N-dealkylation sites (N-methyl/N-ethyl adjacent to an activating group) is 1. The second kappa shape index (κ2) is 7.45. The molecule has 5 nitrogen and oxygen atoms in total. The van der Waals surface area contributed by atoms with Crippen LogP contribution >= 0.6 is 0 Å². The zero-order chi connectivity index (χ0) is 13.4. The zero-order valence-corrected chi connectivity index (χ0v) is 10.7. The Hall–Kier alpha value is -1.88. The van der Waals surface area contributed by atoms with E-state index < -0.39 is 6.04 Å². The molecule has 0 spiro atoms. The highest BCUT2D eigenvalue weighted by molar-refractivity contribution is 5.83. The minimum absolute atomic E-state index is 0.122. The smallest absolute Gasteiger partial charge is 0.237 e. The molecule has 0 saturated heterocycles. The maximum atomic E-state index is 11.7. The number of rotatable bonds is 6. The molecular weight excluding hydrogens is 230 g/mol. The topological polar surface area (TPSA) is 70.2 Å². The third-order valence-corrected chi connectivity index (χ3v) is 2.55. The van der Waals surface area contributed by atoms with E-state index in [2.05, 4.69) is 16.0 Å². The summed E-state index contributed by atoms with van der Waals surface area (Å²) in [6.45, 7) is 2.35. The molecular formula is C13H19N3O2. The minimum Gasteiger partial charge on any atom is -0.358 e. The number of nitrogens with one attached hydrogen (secondary N) is 3. The summed E-state index contributed by atoms with van der Waals surface area (Å²) in [5, 5.41) is 8.14. The van der Waals surface area contributed by atoms with Crippen molar-refractivity contribution in [2.45, 2.75) is 19.5 Å². The molecule has 0 saturated carbocycles. The van der Waals surface area contributed by atoms with Crippen molar-refractivity contribution in [2.75, 3.05) is 13.6 Å². The Labute approximate surface area is 107 Å². The maximum Gasteiger partial charge on any atom is 0.237 e. The van der Waals surface area contributed by atoms with E-state index in [-0.39, 0.29) is 18.4 Å². The lowest BCUT2D eigenvalue weighted by molar-refractivity contribution is -0.123. The second-order valence-corrected chi connectivity index (χ2v) is 3.98. The van der Waals surface area contributed by atoms with Crippen LogP contribution in [0, 0.1) is 0 Å². The van der Waals surface area contributed by atoms with Gasteiger partial charge in [-0.1, -0.05) is 30.3 Å². The van der Waals surface area contributed by atoms with Crippen LogP contribution in [0.25, 0.3) is 0 Å². The molecule has 0 aliphatic carbocycles. The van der Waals surface area contributed by atoms with Crippen molar-refractivity contribution in [3.63, 3.8) is 0 Å². The SMILES string of the molecule is CNC(=O)CN[C@@H](C)C(=O)NCc1ccccc1. The molecule has 2 amide bonds. The lowest BCUT2D eigenvalue weighted by atomic mass is 10.2. The van der Waals surface area contributed by atoms with Crippen molar-refractivity contribution in [3.8, 4) is 0 Å². The van der Waals surface area contributed by atoms with Crippen LogP contribution in [0.5, 0.6) is 0 Å². The van der Waals surface area contributed by atoms with Gasteiger partial charge in [-0.15, -0.1) is 0 Å². The molecule has 0 aliphatic rings. The Kier molecular flexibility index (Phi) is 5.87. The quantitative estimate of drug-likeness (QED) is 0.666. The average Bonchev–Trinajstić information content (AvgIpc) is 2.42. The van der Waals surface area contributed by atoms with Gasteiger partial charge in [-0.2, -0.15) is 0 Å². The lowest BCUT2D eigenvalue weighted by Gasteiger charge is -2.13. The number of hydrogen-bond donors (Lipinski definition) is 3. The molecule has 0 heterocycles. The molecule has 0 radical (unpaired) electrons. The summed E-state index contributed by atoms with van der Waals surface area (Å²) in [5.74, 6) is -0.263. The Bertz CT molecular complexity index is 392. The predicted molar refractivity (Wildman–Crippen MR) is 69.8 cm³/mol. The Balaban J connectivity index is 2.30. The van der Waals surface area contributed by atoms with Crippen molar-refractivity contribution in [3.05, 3.63) is 35.9 Å². The van der Waals surface area contributed by atoms with Crippen molar-refractivity contribution < 1.29 is 9.59 Å². The molecule has 0 aliphatic heterocycles. The highest BCUT2D eigenvalue weighted by Crippen LogP contribution is 1.97. The van der Waals surface area contributed by atoms with Gasteiger partial charge in [0.05, 0.1) is 12.6 Å². The summed E-state index contributed by atoms with van der Waals surface area (Å²) >= 11 is 0. The van der Waals surface area contributed by atoms with Gasteiger partial charge in [0.25, 0.3) is 0 Å². The van der Waals surface area contributed by atoms with Gasteiger partial charge in [0.15, 0.2) is 0 Å². The number of amides is 2. The fraction of sp³-hybridized carbons (Fsp3) is 0.385. The van der Waals surface area contributed by atoms with Gasteiger partial charge in [0.1, 0.15) is 0 Å². The van der Waals surface area contributed by atoms with Gasteiger partial charge < -0.3 is 10.6 Å². The fourth-order valence-corrected chi connectivity index (χ4v) is 1.37. The zero-order valence-electron chi connectivity index (χ0n) is 10.7. The molecule has 1 aromatic carbocycles. The normalized spacial score (nSPS) is 11.7. The summed E-state index contributed by atoms with van der Waals surface area (Å²) in [6.07, 6.45) is 0. The molecule has 0 bridgehead atoms. The van der Waals surface area contributed by atoms with Crippen molar-refractivity contribution >= 4 is 11.8 Å². The van der Waals surface area contributed by atoms with E-state index in [1.807, 2.05) is 30.3 Å². The molecule has 1 rings (SSSR count). The van der Waals surface area contributed by atoms with Gasteiger partial charge in [-0.25, -0.2) is 0 Å². The van der Waals surface area contributed by atoms with Crippen LogP contribution in [0.4, 0.5) is 0 Å². The number of hydrogen-bond acceptors (Lipinski definition) is 3. The Morgan fingerprint density at radius 2 is 1.89 bits per heavy atom. The monoisotopic (exact) mass is 249 g/mol. The Morgan fingerprint density at radius 3 is 2.50 bits per heavy atom. The molecule has 18 heavy (non-hydrogen) atoms. The third-order valence-electron chi connectivity index (χ3n) is 2.55. The minimum atomic E-state index is -0.397. The standard InChI is InChI=1S/C13H19N3O2/c1-10(15-9-12(17)14-2)13(18)16-8-11-6-4-3-5-7-11/h3-7,10,15H,8-9H2,1-2H3,(H,14,17)(H,16,18)/t10-/m0/s1. The molecule has 0 aromatic heterocycles. The van der Waals surface area contributed by atoms with Crippen LogP contribution < -0.4 is 16.0 Å². The summed E-state index contributed by atoms with van der Waals surface area (Å²) in [5.41, 5.74) is 1.05. The average molecular weight is 249 g/mol. The summed E-state index contributed by atoms with van der Waals surface area (Å²) in [7, 11) is 1.56. The van der Waals surface area contributed by atoms with Crippen LogP contribution in [0.15, 0.2) is 30.3 Å². The molecule has 1 aromatic rings. The third kappa shape index (κ3) is 4.97. The van der Waals surface area contributed by atoms with Gasteiger partial charge in [0, 0.05) is 13.6 Å². The summed E-state index contributed by atoms with van der Waals surface area (Å²) < 4.78 is 0. The molecule has 0 fully saturated rings.